The molecular formula is C8H16ClNO2. The average molecular weight is 194 g/mol. The fourth-order valence-corrected chi connectivity index (χ4v) is 1.52. The van der Waals surface area contributed by atoms with Gasteiger partial charge in [0.05, 0.1) is 13.0 Å². The van der Waals surface area contributed by atoms with Crippen molar-refractivity contribution in [1.29, 1.82) is 0 Å². The van der Waals surface area contributed by atoms with Crippen LogP contribution in [0.15, 0.2) is 0 Å². The topological polar surface area (TPSA) is 38.3 Å². The number of piperidine rings is 1. The lowest BCUT2D eigenvalue weighted by molar-refractivity contribution is -0.147. The van der Waals surface area contributed by atoms with Gasteiger partial charge in [-0.2, -0.15) is 0 Å². The summed E-state index contributed by atoms with van der Waals surface area (Å²) in [6, 6.07) is 0.274. The molecule has 0 aromatic carbocycles. The number of methoxy groups -OCH3 is 1. The zero-order chi connectivity index (χ0) is 8.27. The summed E-state index contributed by atoms with van der Waals surface area (Å²) in [5, 5.41) is 3.25. The van der Waals surface area contributed by atoms with E-state index in [2.05, 4.69) is 10.1 Å². The third-order valence-corrected chi connectivity index (χ3v) is 2.27. The van der Waals surface area contributed by atoms with E-state index < -0.39 is 0 Å². The summed E-state index contributed by atoms with van der Waals surface area (Å²) in [5.41, 5.74) is 0. The molecule has 1 fully saturated rings. The molecule has 0 aliphatic carbocycles. The summed E-state index contributed by atoms with van der Waals surface area (Å²) in [6.07, 6.45) is 2.03. The van der Waals surface area contributed by atoms with Crippen molar-refractivity contribution in [2.45, 2.75) is 25.8 Å². The van der Waals surface area contributed by atoms with E-state index in [-0.39, 0.29) is 30.3 Å². The summed E-state index contributed by atoms with van der Waals surface area (Å²) in [6.45, 7) is 3.05. The minimum atomic E-state index is -0.0790. The smallest absolute Gasteiger partial charge is 0.310 e. The molecule has 2 atom stereocenters. The molecule has 1 rings (SSSR count). The highest BCUT2D eigenvalue weighted by atomic mass is 35.5. The van der Waals surface area contributed by atoms with Crippen molar-refractivity contribution in [1.82, 2.24) is 5.32 Å². The van der Waals surface area contributed by atoms with E-state index in [4.69, 9.17) is 0 Å². The maximum atomic E-state index is 11.1. The van der Waals surface area contributed by atoms with Gasteiger partial charge in [-0.3, -0.25) is 4.79 Å². The van der Waals surface area contributed by atoms with Crippen LogP contribution in [0.1, 0.15) is 19.8 Å². The second-order valence-corrected chi connectivity index (χ2v) is 3.01. The molecule has 1 aliphatic rings. The maximum Gasteiger partial charge on any atom is 0.310 e. The molecule has 0 spiro atoms. The zero-order valence-corrected chi connectivity index (χ0v) is 8.32. The standard InChI is InChI=1S/C8H15NO2.ClH/c1-6-7(8(10)11-2)4-3-5-9-6;/h6-7,9H,3-5H2,1-2H3;1H. The maximum absolute atomic E-state index is 11.1. The lowest BCUT2D eigenvalue weighted by Crippen LogP contribution is -2.43. The number of ether oxygens (including phenoxy) is 1. The highest BCUT2D eigenvalue weighted by Crippen LogP contribution is 2.16. The van der Waals surface area contributed by atoms with Gasteiger partial charge in [-0.25, -0.2) is 0 Å². The third-order valence-electron chi connectivity index (χ3n) is 2.27. The molecule has 1 heterocycles. The monoisotopic (exact) mass is 193 g/mol. The van der Waals surface area contributed by atoms with Crippen LogP contribution < -0.4 is 5.32 Å². The summed E-state index contributed by atoms with van der Waals surface area (Å²) < 4.78 is 4.68. The fraction of sp³-hybridized carbons (Fsp3) is 0.875. The highest BCUT2D eigenvalue weighted by Gasteiger charge is 2.27. The lowest BCUT2D eigenvalue weighted by atomic mass is 9.92. The van der Waals surface area contributed by atoms with E-state index in [1.54, 1.807) is 0 Å². The predicted molar refractivity (Wildman–Crippen MR) is 49.5 cm³/mol. The molecule has 72 valence electrons. The van der Waals surface area contributed by atoms with Gasteiger partial charge in [-0.1, -0.05) is 0 Å². The van der Waals surface area contributed by atoms with Gasteiger partial charge >= 0.3 is 5.97 Å². The van der Waals surface area contributed by atoms with E-state index in [0.29, 0.717) is 0 Å². The zero-order valence-electron chi connectivity index (χ0n) is 7.50. The fourth-order valence-electron chi connectivity index (χ4n) is 1.52. The van der Waals surface area contributed by atoms with E-state index in [9.17, 15) is 4.79 Å². The van der Waals surface area contributed by atoms with Gasteiger partial charge in [0.15, 0.2) is 0 Å². The molecule has 0 saturated carbocycles. The Kier molecular flexibility index (Phi) is 5.25. The first-order valence-electron chi connectivity index (χ1n) is 4.07. The van der Waals surface area contributed by atoms with E-state index >= 15 is 0 Å². The number of hydrogen-bond donors (Lipinski definition) is 1. The van der Waals surface area contributed by atoms with E-state index in [0.717, 1.165) is 19.4 Å². The Morgan fingerprint density at radius 2 is 2.25 bits per heavy atom. The van der Waals surface area contributed by atoms with Gasteiger partial charge < -0.3 is 10.1 Å². The molecule has 12 heavy (non-hydrogen) atoms. The minimum Gasteiger partial charge on any atom is -0.469 e. The van der Waals surface area contributed by atoms with Crippen LogP contribution in [-0.4, -0.2) is 25.7 Å². The average Bonchev–Trinajstić information content (AvgIpc) is 2.04. The predicted octanol–water partition coefficient (Wildman–Crippen LogP) is 0.969. The molecule has 0 amide bonds. The first kappa shape index (κ1) is 11.7. The van der Waals surface area contributed by atoms with Crippen LogP contribution in [0.2, 0.25) is 0 Å². The van der Waals surface area contributed by atoms with Gasteiger partial charge in [0.25, 0.3) is 0 Å². The van der Waals surface area contributed by atoms with Crippen LogP contribution in [-0.2, 0) is 9.53 Å². The Bertz CT molecular complexity index is 152. The number of halogens is 1. The van der Waals surface area contributed by atoms with Crippen LogP contribution >= 0.6 is 12.4 Å². The second kappa shape index (κ2) is 5.38. The van der Waals surface area contributed by atoms with Crippen LogP contribution in [0.5, 0.6) is 0 Å². The second-order valence-electron chi connectivity index (χ2n) is 3.01. The number of carbonyl (C=O) groups excluding carboxylic acids is 1. The Morgan fingerprint density at radius 1 is 1.58 bits per heavy atom. The molecule has 0 bridgehead atoms. The summed E-state index contributed by atoms with van der Waals surface area (Å²) >= 11 is 0. The summed E-state index contributed by atoms with van der Waals surface area (Å²) in [5.74, 6) is -0.0153. The SMILES string of the molecule is COC(=O)C1CCCNC1C.Cl. The number of hydrogen-bond acceptors (Lipinski definition) is 3. The largest absolute Gasteiger partial charge is 0.469 e. The summed E-state index contributed by atoms with van der Waals surface area (Å²) in [7, 11) is 1.45. The number of nitrogens with one attached hydrogen (secondary N) is 1. The molecule has 1 N–H and O–H groups in total. The van der Waals surface area contributed by atoms with E-state index in [1.807, 2.05) is 6.92 Å². The van der Waals surface area contributed by atoms with Gasteiger partial charge in [-0.15, -0.1) is 12.4 Å². The van der Waals surface area contributed by atoms with Crippen LogP contribution in [0.4, 0.5) is 0 Å². The number of rotatable bonds is 1. The van der Waals surface area contributed by atoms with Crippen molar-refractivity contribution < 1.29 is 9.53 Å². The molecule has 1 aliphatic heterocycles. The first-order valence-corrected chi connectivity index (χ1v) is 4.07. The van der Waals surface area contributed by atoms with Crippen LogP contribution in [0.25, 0.3) is 0 Å². The highest BCUT2D eigenvalue weighted by molar-refractivity contribution is 5.85. The van der Waals surface area contributed by atoms with Gasteiger partial charge in [-0.05, 0) is 26.3 Å². The van der Waals surface area contributed by atoms with Crippen molar-refractivity contribution >= 4 is 18.4 Å². The molecule has 0 aromatic heterocycles. The van der Waals surface area contributed by atoms with Crippen LogP contribution in [0, 0.1) is 5.92 Å². The van der Waals surface area contributed by atoms with Crippen molar-refractivity contribution in [3.8, 4) is 0 Å². The molecular weight excluding hydrogens is 178 g/mol. The van der Waals surface area contributed by atoms with Gasteiger partial charge in [0.2, 0.25) is 0 Å². The first-order chi connectivity index (χ1) is 5.25. The number of carbonyl (C=O) groups is 1. The van der Waals surface area contributed by atoms with E-state index in [1.165, 1.54) is 7.11 Å². The molecule has 3 nitrogen and oxygen atoms in total. The normalized spacial score (nSPS) is 28.8. The third kappa shape index (κ3) is 2.64. The van der Waals surface area contributed by atoms with Crippen LogP contribution in [0.3, 0.4) is 0 Å². The Labute approximate surface area is 79.3 Å². The molecule has 2 unspecified atom stereocenters. The van der Waals surface area contributed by atoms with Crippen molar-refractivity contribution in [2.24, 2.45) is 5.92 Å². The Balaban J connectivity index is 0.00000121. The van der Waals surface area contributed by atoms with Gasteiger partial charge in [0.1, 0.15) is 0 Å². The van der Waals surface area contributed by atoms with Gasteiger partial charge in [0, 0.05) is 6.04 Å². The summed E-state index contributed by atoms with van der Waals surface area (Å²) in [4.78, 5) is 11.1. The Morgan fingerprint density at radius 3 is 2.75 bits per heavy atom. The number of esters is 1. The van der Waals surface area contributed by atoms with Crippen molar-refractivity contribution in [3.63, 3.8) is 0 Å². The molecule has 0 radical (unpaired) electrons. The molecule has 1 saturated heterocycles. The molecule has 4 heteroatoms. The van der Waals surface area contributed by atoms with Crippen molar-refractivity contribution in [3.05, 3.63) is 0 Å². The lowest BCUT2D eigenvalue weighted by Gasteiger charge is -2.27. The quantitative estimate of drug-likeness (QED) is 0.631. The van der Waals surface area contributed by atoms with Crippen molar-refractivity contribution in [2.75, 3.05) is 13.7 Å². The molecule has 0 aromatic rings. The Hall–Kier alpha value is -0.280. The minimum absolute atomic E-state index is 0.